The van der Waals surface area contributed by atoms with Crippen molar-refractivity contribution < 1.29 is 41.7 Å². The molecule has 4 rings (SSSR count). The largest absolute Gasteiger partial charge is 0.461 e. The summed E-state index contributed by atoms with van der Waals surface area (Å²) in [6.07, 6.45) is -0.287. The van der Waals surface area contributed by atoms with Crippen molar-refractivity contribution in [3.63, 3.8) is 0 Å². The van der Waals surface area contributed by atoms with E-state index in [1.807, 2.05) is 6.07 Å². The quantitative estimate of drug-likeness (QED) is 0.149. The monoisotopic (exact) mass is 694 g/mol. The van der Waals surface area contributed by atoms with Crippen LogP contribution in [0.3, 0.4) is 0 Å². The molecule has 2 aromatic heterocycles. The van der Waals surface area contributed by atoms with Crippen LogP contribution in [0.25, 0.3) is 10.9 Å². The molecule has 49 heavy (non-hydrogen) atoms. The first-order valence-electron chi connectivity index (χ1n) is 16.7. The van der Waals surface area contributed by atoms with E-state index >= 15 is 0 Å². The molecule has 0 aliphatic carbocycles. The molecule has 3 heterocycles. The van der Waals surface area contributed by atoms with E-state index in [9.17, 15) is 22.8 Å². The van der Waals surface area contributed by atoms with Crippen molar-refractivity contribution in [3.05, 3.63) is 48.2 Å². The molecule has 2 unspecified atom stereocenters. The summed E-state index contributed by atoms with van der Waals surface area (Å²) in [5.74, 6) is -0.205. The van der Waals surface area contributed by atoms with Crippen LogP contribution in [0.2, 0.25) is 0 Å². The standard InChI is InChI=1S/C34H49F3N6O6/c1-6-48-31(44)29-21-42(23-39-29)13-15-47-17-16-46-14-11-24-20-41(5)12-10-27(24)40-28-8-7-9-30-26(28)18-25(43(30)22-34(35,36)37)19-38-32(45)49-33(2,3)4/h7-9,18,21,23-24,27,40H,6,10-17,19-20,22H2,1-5H3,(H,38,45). The highest BCUT2D eigenvalue weighted by Crippen LogP contribution is 2.33. The highest BCUT2D eigenvalue weighted by atomic mass is 19.4. The normalized spacial score (nSPS) is 17.3. The van der Waals surface area contributed by atoms with Crippen molar-refractivity contribution in [1.29, 1.82) is 0 Å². The lowest BCUT2D eigenvalue weighted by Gasteiger charge is -2.38. The summed E-state index contributed by atoms with van der Waals surface area (Å²) >= 11 is 0. The predicted molar refractivity (Wildman–Crippen MR) is 179 cm³/mol. The molecular formula is C34H49F3N6O6. The van der Waals surface area contributed by atoms with Crippen LogP contribution >= 0.6 is 0 Å². The minimum absolute atomic E-state index is 0.0885. The van der Waals surface area contributed by atoms with E-state index in [1.165, 1.54) is 4.57 Å². The number of benzene rings is 1. The van der Waals surface area contributed by atoms with Gasteiger partial charge < -0.3 is 43.6 Å². The molecule has 0 saturated carbocycles. The average molecular weight is 695 g/mol. The number of hydrogen-bond acceptors (Lipinski definition) is 9. The van der Waals surface area contributed by atoms with Gasteiger partial charge in [-0.3, -0.25) is 0 Å². The molecule has 2 N–H and O–H groups in total. The summed E-state index contributed by atoms with van der Waals surface area (Å²) in [6.45, 7) is 10.0. The van der Waals surface area contributed by atoms with Gasteiger partial charge in [0.2, 0.25) is 0 Å². The molecule has 272 valence electrons. The number of likely N-dealkylation sites (tertiary alicyclic amines) is 1. The summed E-state index contributed by atoms with van der Waals surface area (Å²) < 4.78 is 65.8. The zero-order chi connectivity index (χ0) is 35.6. The third-order valence-electron chi connectivity index (χ3n) is 8.08. The van der Waals surface area contributed by atoms with Crippen molar-refractivity contribution in [2.45, 2.75) is 78.0 Å². The van der Waals surface area contributed by atoms with Crippen LogP contribution in [0, 0.1) is 5.92 Å². The molecule has 1 aliphatic heterocycles. The molecule has 12 nitrogen and oxygen atoms in total. The Morgan fingerprint density at radius 3 is 2.55 bits per heavy atom. The van der Waals surface area contributed by atoms with Crippen molar-refractivity contribution in [2.24, 2.45) is 5.92 Å². The van der Waals surface area contributed by atoms with Gasteiger partial charge in [-0.1, -0.05) is 6.07 Å². The maximum atomic E-state index is 13.7. The Morgan fingerprint density at radius 2 is 1.84 bits per heavy atom. The molecular weight excluding hydrogens is 645 g/mol. The van der Waals surface area contributed by atoms with Crippen molar-refractivity contribution in [3.8, 4) is 0 Å². The number of imidazole rings is 1. The number of alkyl halides is 3. The van der Waals surface area contributed by atoms with Gasteiger partial charge in [-0.25, -0.2) is 14.6 Å². The number of piperidine rings is 1. The molecule has 0 radical (unpaired) electrons. The van der Waals surface area contributed by atoms with E-state index in [0.29, 0.717) is 56.2 Å². The van der Waals surface area contributed by atoms with E-state index in [-0.39, 0.29) is 24.2 Å². The van der Waals surface area contributed by atoms with Gasteiger partial charge in [0.1, 0.15) is 12.1 Å². The molecule has 0 spiro atoms. The van der Waals surface area contributed by atoms with Crippen molar-refractivity contribution in [1.82, 2.24) is 24.3 Å². The van der Waals surface area contributed by atoms with Crippen LogP contribution in [0.5, 0.6) is 0 Å². The van der Waals surface area contributed by atoms with E-state index in [0.717, 1.165) is 31.6 Å². The predicted octanol–water partition coefficient (Wildman–Crippen LogP) is 5.46. The van der Waals surface area contributed by atoms with Crippen LogP contribution in [0.1, 0.15) is 56.7 Å². The molecule has 2 atom stereocenters. The summed E-state index contributed by atoms with van der Waals surface area (Å²) in [4.78, 5) is 30.4. The lowest BCUT2D eigenvalue weighted by molar-refractivity contribution is -0.140. The van der Waals surface area contributed by atoms with Crippen LogP contribution in [0.4, 0.5) is 23.7 Å². The number of carbonyl (C=O) groups is 2. The molecule has 1 amide bonds. The van der Waals surface area contributed by atoms with Gasteiger partial charge in [0.15, 0.2) is 5.69 Å². The number of rotatable bonds is 16. The number of amides is 1. The second-order valence-electron chi connectivity index (χ2n) is 13.2. The Hall–Kier alpha value is -3.82. The summed E-state index contributed by atoms with van der Waals surface area (Å²) in [5.41, 5.74) is 1.04. The Morgan fingerprint density at radius 1 is 1.08 bits per heavy atom. The minimum atomic E-state index is -4.45. The molecule has 15 heteroatoms. The SMILES string of the molecule is CCOC(=O)c1cn(CCOCCOCCC2CN(C)CCC2Nc2cccc3c2cc(CNC(=O)OC(C)(C)C)n3CC(F)(F)F)cn1. The number of esters is 1. The molecule has 1 aliphatic rings. The van der Waals surface area contributed by atoms with Gasteiger partial charge in [-0.2, -0.15) is 13.2 Å². The number of hydrogen-bond donors (Lipinski definition) is 2. The number of ether oxygens (including phenoxy) is 4. The first-order valence-corrected chi connectivity index (χ1v) is 16.7. The second-order valence-corrected chi connectivity index (χ2v) is 13.2. The number of fused-ring (bicyclic) bond motifs is 1. The van der Waals surface area contributed by atoms with Crippen molar-refractivity contribution >= 4 is 28.7 Å². The van der Waals surface area contributed by atoms with Crippen LogP contribution in [-0.2, 0) is 38.6 Å². The number of halogens is 3. The molecule has 0 bridgehead atoms. The number of anilines is 1. The van der Waals surface area contributed by atoms with Crippen LogP contribution < -0.4 is 10.6 Å². The molecule has 1 aromatic carbocycles. The van der Waals surface area contributed by atoms with E-state index < -0.39 is 30.4 Å². The lowest BCUT2D eigenvalue weighted by atomic mass is 9.89. The average Bonchev–Trinajstić information content (AvgIpc) is 3.62. The van der Waals surface area contributed by atoms with Gasteiger partial charge in [-0.05, 0) is 78.2 Å². The highest BCUT2D eigenvalue weighted by molar-refractivity contribution is 5.93. The highest BCUT2D eigenvalue weighted by Gasteiger charge is 2.31. The molecule has 1 fully saturated rings. The lowest BCUT2D eigenvalue weighted by Crippen LogP contribution is -2.45. The van der Waals surface area contributed by atoms with E-state index in [2.05, 4.69) is 27.6 Å². The number of carbonyl (C=O) groups excluding carboxylic acids is 2. The maximum absolute atomic E-state index is 13.7. The summed E-state index contributed by atoms with van der Waals surface area (Å²) in [5, 5.41) is 6.90. The van der Waals surface area contributed by atoms with Crippen LogP contribution in [-0.4, -0.2) is 102 Å². The topological polar surface area (TPSA) is 121 Å². The summed E-state index contributed by atoms with van der Waals surface area (Å²) in [7, 11) is 2.08. The Balaban J connectivity index is 1.31. The van der Waals surface area contributed by atoms with Gasteiger partial charge >= 0.3 is 18.2 Å². The minimum Gasteiger partial charge on any atom is -0.461 e. The molecule has 1 saturated heterocycles. The van der Waals surface area contributed by atoms with E-state index in [4.69, 9.17) is 18.9 Å². The van der Waals surface area contributed by atoms with Crippen LogP contribution in [0.15, 0.2) is 36.8 Å². The number of nitrogens with zero attached hydrogens (tertiary/aromatic N) is 4. The fraction of sp³-hybridized carbons (Fsp3) is 0.618. The Labute approximate surface area is 285 Å². The third-order valence-corrected chi connectivity index (χ3v) is 8.08. The fourth-order valence-electron chi connectivity index (χ4n) is 5.87. The first kappa shape index (κ1) is 38.0. The third kappa shape index (κ3) is 11.9. The van der Waals surface area contributed by atoms with E-state index in [1.54, 1.807) is 63.0 Å². The van der Waals surface area contributed by atoms with Gasteiger partial charge in [0.05, 0.1) is 44.8 Å². The smallest absolute Gasteiger partial charge is 0.407 e. The second kappa shape index (κ2) is 17.2. The first-order chi connectivity index (χ1) is 23.2. The van der Waals surface area contributed by atoms with Gasteiger partial charge in [0, 0.05) is 48.7 Å². The van der Waals surface area contributed by atoms with Gasteiger partial charge in [-0.15, -0.1) is 0 Å². The zero-order valence-electron chi connectivity index (χ0n) is 29.0. The maximum Gasteiger partial charge on any atom is 0.407 e. The fourth-order valence-corrected chi connectivity index (χ4v) is 5.87. The van der Waals surface area contributed by atoms with Crippen molar-refractivity contribution in [2.75, 3.05) is 58.5 Å². The Bertz CT molecular complexity index is 1520. The number of alkyl carbamates (subject to hydrolysis) is 1. The van der Waals surface area contributed by atoms with Gasteiger partial charge in [0.25, 0.3) is 0 Å². The molecule has 3 aromatic rings. The summed E-state index contributed by atoms with van der Waals surface area (Å²) in [6, 6.07) is 7.10. The number of nitrogens with one attached hydrogen (secondary N) is 2. The number of aromatic nitrogens is 3. The zero-order valence-corrected chi connectivity index (χ0v) is 29.0. The Kier molecular flexibility index (Phi) is 13.3.